The van der Waals surface area contributed by atoms with Gasteiger partial charge in [0.25, 0.3) is 0 Å². The summed E-state index contributed by atoms with van der Waals surface area (Å²) in [5.41, 5.74) is 1.50. The average molecular weight is 329 g/mol. The second kappa shape index (κ2) is 7.21. The summed E-state index contributed by atoms with van der Waals surface area (Å²) in [5, 5.41) is 2.73. The number of urea groups is 1. The Hall–Kier alpha value is -2.76. The molecule has 5 nitrogen and oxygen atoms in total. The zero-order chi connectivity index (χ0) is 16.9. The third-order valence-electron chi connectivity index (χ3n) is 4.07. The van der Waals surface area contributed by atoms with E-state index in [9.17, 15) is 9.18 Å². The smallest absolute Gasteiger partial charge is 0.321 e. The molecule has 0 aromatic heterocycles. The molecular weight excluding hydrogens is 309 g/mol. The molecule has 2 amide bonds. The molecule has 6 heteroatoms. The lowest BCUT2D eigenvalue weighted by Gasteiger charge is -2.36. The number of hydrogen-bond donors (Lipinski definition) is 1. The first-order chi connectivity index (χ1) is 11.7. The van der Waals surface area contributed by atoms with Gasteiger partial charge in [-0.05, 0) is 30.3 Å². The van der Waals surface area contributed by atoms with Crippen molar-refractivity contribution in [2.75, 3.05) is 43.5 Å². The molecule has 0 radical (unpaired) electrons. The fourth-order valence-corrected chi connectivity index (χ4v) is 2.81. The normalized spacial score (nSPS) is 14.4. The average Bonchev–Trinajstić information content (AvgIpc) is 2.62. The van der Waals surface area contributed by atoms with E-state index in [1.165, 1.54) is 12.1 Å². The summed E-state index contributed by atoms with van der Waals surface area (Å²) in [6, 6.07) is 13.5. The molecule has 0 bridgehead atoms. The lowest BCUT2D eigenvalue weighted by atomic mass is 10.2. The molecule has 0 spiro atoms. The van der Waals surface area contributed by atoms with Crippen molar-refractivity contribution in [3.63, 3.8) is 0 Å². The Morgan fingerprint density at radius 1 is 1.08 bits per heavy atom. The van der Waals surface area contributed by atoms with Crippen molar-refractivity contribution in [2.45, 2.75) is 0 Å². The van der Waals surface area contributed by atoms with Crippen LogP contribution in [0.15, 0.2) is 48.5 Å². The number of carbonyl (C=O) groups excluding carboxylic acids is 1. The van der Waals surface area contributed by atoms with E-state index in [4.69, 9.17) is 4.74 Å². The van der Waals surface area contributed by atoms with Crippen LogP contribution in [0, 0.1) is 5.82 Å². The predicted octanol–water partition coefficient (Wildman–Crippen LogP) is 3.19. The van der Waals surface area contributed by atoms with Crippen molar-refractivity contribution >= 4 is 17.4 Å². The van der Waals surface area contributed by atoms with Gasteiger partial charge in [0, 0.05) is 31.9 Å². The maximum atomic E-state index is 13.2. The highest BCUT2D eigenvalue weighted by atomic mass is 19.1. The summed E-state index contributed by atoms with van der Waals surface area (Å²) in [7, 11) is 1.65. The molecule has 1 saturated heterocycles. The first kappa shape index (κ1) is 16.1. The summed E-state index contributed by atoms with van der Waals surface area (Å²) in [5.74, 6) is 0.462. The number of para-hydroxylation sites is 2. The Balaban J connectivity index is 1.59. The van der Waals surface area contributed by atoms with Crippen LogP contribution >= 0.6 is 0 Å². The van der Waals surface area contributed by atoms with Gasteiger partial charge in [0.1, 0.15) is 11.6 Å². The fourth-order valence-electron chi connectivity index (χ4n) is 2.81. The molecule has 0 aliphatic carbocycles. The highest BCUT2D eigenvalue weighted by molar-refractivity contribution is 5.89. The lowest BCUT2D eigenvalue weighted by Crippen LogP contribution is -2.50. The van der Waals surface area contributed by atoms with Gasteiger partial charge >= 0.3 is 6.03 Å². The van der Waals surface area contributed by atoms with Crippen LogP contribution in [0.3, 0.4) is 0 Å². The van der Waals surface area contributed by atoms with Crippen LogP contribution in [0.1, 0.15) is 0 Å². The zero-order valence-corrected chi connectivity index (χ0v) is 13.5. The van der Waals surface area contributed by atoms with Gasteiger partial charge in [-0.25, -0.2) is 9.18 Å². The number of methoxy groups -OCH3 is 1. The molecule has 1 aliphatic heterocycles. The van der Waals surface area contributed by atoms with Gasteiger partial charge < -0.3 is 19.9 Å². The second-order valence-electron chi connectivity index (χ2n) is 5.59. The molecular formula is C18H20FN3O2. The monoisotopic (exact) mass is 329 g/mol. The van der Waals surface area contributed by atoms with E-state index >= 15 is 0 Å². The number of nitrogens with zero attached hydrogens (tertiary/aromatic N) is 2. The third kappa shape index (κ3) is 3.59. The fraction of sp³-hybridized carbons (Fsp3) is 0.278. The Bertz CT molecular complexity index is 715. The van der Waals surface area contributed by atoms with E-state index < -0.39 is 0 Å². The van der Waals surface area contributed by atoms with Crippen molar-refractivity contribution in [2.24, 2.45) is 0 Å². The van der Waals surface area contributed by atoms with Gasteiger partial charge in [-0.2, -0.15) is 0 Å². The lowest BCUT2D eigenvalue weighted by molar-refractivity contribution is 0.208. The summed E-state index contributed by atoms with van der Waals surface area (Å²) in [4.78, 5) is 16.2. The molecule has 1 aliphatic rings. The summed E-state index contributed by atoms with van der Waals surface area (Å²) in [6.07, 6.45) is 0. The molecule has 2 aromatic carbocycles. The quantitative estimate of drug-likeness (QED) is 0.940. The van der Waals surface area contributed by atoms with Crippen LogP contribution < -0.4 is 15.0 Å². The first-order valence-electron chi connectivity index (χ1n) is 7.87. The van der Waals surface area contributed by atoms with Crippen LogP contribution in [0.4, 0.5) is 20.6 Å². The van der Waals surface area contributed by atoms with E-state index in [2.05, 4.69) is 10.2 Å². The molecule has 2 aromatic rings. The second-order valence-corrected chi connectivity index (χ2v) is 5.59. The summed E-state index contributed by atoms with van der Waals surface area (Å²) >= 11 is 0. The van der Waals surface area contributed by atoms with E-state index in [0.717, 1.165) is 24.5 Å². The highest BCUT2D eigenvalue weighted by Gasteiger charge is 2.22. The van der Waals surface area contributed by atoms with Crippen molar-refractivity contribution < 1.29 is 13.9 Å². The van der Waals surface area contributed by atoms with Gasteiger partial charge in [-0.3, -0.25) is 0 Å². The molecule has 1 heterocycles. The maximum absolute atomic E-state index is 13.2. The maximum Gasteiger partial charge on any atom is 0.321 e. The summed E-state index contributed by atoms with van der Waals surface area (Å²) < 4.78 is 18.6. The van der Waals surface area contributed by atoms with Crippen LogP contribution in [0.25, 0.3) is 0 Å². The van der Waals surface area contributed by atoms with Crippen molar-refractivity contribution in [3.8, 4) is 5.75 Å². The number of halogens is 1. The molecule has 3 rings (SSSR count). The Kier molecular flexibility index (Phi) is 4.84. The Morgan fingerprint density at radius 2 is 1.83 bits per heavy atom. The Morgan fingerprint density at radius 3 is 2.54 bits per heavy atom. The number of rotatable bonds is 3. The number of ether oxygens (including phenoxy) is 1. The number of piperazine rings is 1. The van der Waals surface area contributed by atoms with Crippen LogP contribution in [-0.2, 0) is 0 Å². The van der Waals surface area contributed by atoms with E-state index in [-0.39, 0.29) is 11.8 Å². The molecule has 0 atom stereocenters. The number of amides is 2. The first-order valence-corrected chi connectivity index (χ1v) is 7.87. The number of hydrogen-bond acceptors (Lipinski definition) is 3. The van der Waals surface area contributed by atoms with Crippen LogP contribution in [-0.4, -0.2) is 44.2 Å². The topological polar surface area (TPSA) is 44.8 Å². The van der Waals surface area contributed by atoms with Gasteiger partial charge in [0.15, 0.2) is 0 Å². The predicted molar refractivity (Wildman–Crippen MR) is 92.2 cm³/mol. The summed E-state index contributed by atoms with van der Waals surface area (Å²) in [6.45, 7) is 2.63. The molecule has 0 unspecified atom stereocenters. The van der Waals surface area contributed by atoms with Crippen LogP contribution in [0.5, 0.6) is 5.75 Å². The minimum absolute atomic E-state index is 0.208. The molecule has 126 valence electrons. The highest BCUT2D eigenvalue weighted by Crippen LogP contribution is 2.28. The standard InChI is InChI=1S/C18H20FN3O2/c1-24-17-8-3-2-7-16(17)21-9-11-22(12-10-21)18(23)20-15-6-4-5-14(19)13-15/h2-8,13H,9-12H2,1H3,(H,20,23). The van der Waals surface area contributed by atoms with Gasteiger partial charge in [-0.1, -0.05) is 18.2 Å². The number of nitrogens with one attached hydrogen (secondary N) is 1. The molecule has 1 fully saturated rings. The minimum Gasteiger partial charge on any atom is -0.495 e. The van der Waals surface area contributed by atoms with Gasteiger partial charge in [0.05, 0.1) is 12.8 Å². The largest absolute Gasteiger partial charge is 0.495 e. The zero-order valence-electron chi connectivity index (χ0n) is 13.5. The molecule has 0 saturated carbocycles. The molecule has 1 N–H and O–H groups in total. The van der Waals surface area contributed by atoms with E-state index in [0.29, 0.717) is 18.8 Å². The minimum atomic E-state index is -0.367. The van der Waals surface area contributed by atoms with Crippen LogP contribution in [0.2, 0.25) is 0 Å². The van der Waals surface area contributed by atoms with E-state index in [1.54, 1.807) is 24.1 Å². The van der Waals surface area contributed by atoms with Crippen molar-refractivity contribution in [1.82, 2.24) is 4.90 Å². The van der Waals surface area contributed by atoms with Crippen molar-refractivity contribution in [3.05, 3.63) is 54.3 Å². The SMILES string of the molecule is COc1ccccc1N1CCN(C(=O)Nc2cccc(F)c2)CC1. The van der Waals surface area contributed by atoms with Crippen molar-refractivity contribution in [1.29, 1.82) is 0 Å². The number of benzene rings is 2. The number of carbonyl (C=O) groups is 1. The van der Waals surface area contributed by atoms with Gasteiger partial charge in [-0.15, -0.1) is 0 Å². The Labute approximate surface area is 140 Å². The van der Waals surface area contributed by atoms with E-state index in [1.807, 2.05) is 24.3 Å². The number of anilines is 2. The molecule has 24 heavy (non-hydrogen) atoms. The van der Waals surface area contributed by atoms with Gasteiger partial charge in [0.2, 0.25) is 0 Å². The third-order valence-corrected chi connectivity index (χ3v) is 4.07.